The first-order valence-corrected chi connectivity index (χ1v) is 12.4. The number of likely N-dealkylation sites (tertiary alicyclic amines) is 1. The Kier molecular flexibility index (Phi) is 6.54. The molecule has 8 heteroatoms. The lowest BCUT2D eigenvalue weighted by Crippen LogP contribution is -2.51. The lowest BCUT2D eigenvalue weighted by Gasteiger charge is -2.38. The van der Waals surface area contributed by atoms with Crippen LogP contribution in [0, 0.1) is 0 Å². The van der Waals surface area contributed by atoms with Crippen LogP contribution in [0.15, 0.2) is 30.6 Å². The van der Waals surface area contributed by atoms with Crippen LogP contribution in [-0.4, -0.2) is 82.7 Å². The summed E-state index contributed by atoms with van der Waals surface area (Å²) in [5.41, 5.74) is 3.46. The number of nitrogens with zero attached hydrogens (tertiary/aromatic N) is 5. The number of halogens is 1. The van der Waals surface area contributed by atoms with Crippen molar-refractivity contribution in [2.75, 3.05) is 50.7 Å². The molecule has 0 saturated carbocycles. The van der Waals surface area contributed by atoms with Crippen molar-refractivity contribution in [1.82, 2.24) is 19.8 Å². The first-order valence-electron chi connectivity index (χ1n) is 12.0. The average Bonchev–Trinajstić information content (AvgIpc) is 3.43. The molecule has 3 unspecified atom stereocenters. The predicted molar refractivity (Wildman–Crippen MR) is 129 cm³/mol. The summed E-state index contributed by atoms with van der Waals surface area (Å²) < 4.78 is 0. The van der Waals surface area contributed by atoms with Gasteiger partial charge in [-0.2, -0.15) is 0 Å². The lowest BCUT2D eigenvalue weighted by molar-refractivity contribution is -0.133. The van der Waals surface area contributed by atoms with Crippen LogP contribution in [0.4, 0.5) is 5.82 Å². The fraction of sp³-hybridized carbons (Fsp3) is 0.560. The molecule has 3 heterocycles. The summed E-state index contributed by atoms with van der Waals surface area (Å²) >= 11 is 6.10. The van der Waals surface area contributed by atoms with Crippen molar-refractivity contribution in [1.29, 1.82) is 0 Å². The first kappa shape index (κ1) is 22.6. The maximum absolute atomic E-state index is 13.7. The van der Waals surface area contributed by atoms with Gasteiger partial charge in [-0.1, -0.05) is 30.7 Å². The summed E-state index contributed by atoms with van der Waals surface area (Å²) in [6.07, 6.45) is 4.31. The molecular weight excluding hydrogens is 438 g/mol. The van der Waals surface area contributed by atoms with E-state index in [9.17, 15) is 9.90 Å². The third-order valence-electron chi connectivity index (χ3n) is 7.40. The van der Waals surface area contributed by atoms with Gasteiger partial charge >= 0.3 is 0 Å². The van der Waals surface area contributed by atoms with Gasteiger partial charge in [-0.25, -0.2) is 9.97 Å². The number of carbonyl (C=O) groups is 1. The SMILES string of the molecule is CC1CCc2ncnc(N3CCN(C(=O)C(CN4CCC(O)C4)c4ccc(Cl)cc4)CC3)c21. The van der Waals surface area contributed by atoms with Gasteiger partial charge in [-0.15, -0.1) is 0 Å². The number of anilines is 1. The minimum atomic E-state index is -0.300. The zero-order valence-electron chi connectivity index (χ0n) is 19.2. The molecule has 5 rings (SSSR count). The van der Waals surface area contributed by atoms with Gasteiger partial charge in [0.05, 0.1) is 12.0 Å². The summed E-state index contributed by atoms with van der Waals surface area (Å²) in [5, 5.41) is 10.6. The number of rotatable bonds is 5. The Balaban J connectivity index is 1.30. The van der Waals surface area contributed by atoms with E-state index in [2.05, 4.69) is 26.7 Å². The fourth-order valence-corrected chi connectivity index (χ4v) is 5.62. The molecule has 3 aliphatic rings. The number of aliphatic hydroxyl groups excluding tert-OH is 1. The van der Waals surface area contributed by atoms with Crippen LogP contribution in [-0.2, 0) is 11.2 Å². The zero-order valence-corrected chi connectivity index (χ0v) is 19.9. The maximum Gasteiger partial charge on any atom is 0.231 e. The van der Waals surface area contributed by atoms with Crippen LogP contribution in [0.5, 0.6) is 0 Å². The highest BCUT2D eigenvalue weighted by atomic mass is 35.5. The monoisotopic (exact) mass is 469 g/mol. The van der Waals surface area contributed by atoms with Crippen LogP contribution in [0.1, 0.15) is 48.4 Å². The molecule has 2 fully saturated rings. The molecule has 0 spiro atoms. The summed E-state index contributed by atoms with van der Waals surface area (Å²) in [4.78, 5) is 29.3. The van der Waals surface area contributed by atoms with E-state index in [0.717, 1.165) is 50.3 Å². The Hall–Kier alpha value is -2.22. The quantitative estimate of drug-likeness (QED) is 0.725. The number of fused-ring (bicyclic) bond motifs is 1. The van der Waals surface area contributed by atoms with Crippen molar-refractivity contribution < 1.29 is 9.90 Å². The number of amides is 1. The molecule has 0 radical (unpaired) electrons. The van der Waals surface area contributed by atoms with Gasteiger partial charge in [0.1, 0.15) is 12.1 Å². The Morgan fingerprint density at radius 1 is 1.12 bits per heavy atom. The van der Waals surface area contributed by atoms with Crippen LogP contribution in [0.25, 0.3) is 0 Å². The van der Waals surface area contributed by atoms with Gasteiger partial charge < -0.3 is 14.9 Å². The molecule has 33 heavy (non-hydrogen) atoms. The highest BCUT2D eigenvalue weighted by molar-refractivity contribution is 6.30. The van der Waals surface area contributed by atoms with E-state index in [1.54, 1.807) is 6.33 Å². The molecule has 1 N–H and O–H groups in total. The summed E-state index contributed by atoms with van der Waals surface area (Å²) in [6, 6.07) is 7.62. The molecule has 176 valence electrons. The summed E-state index contributed by atoms with van der Waals surface area (Å²) in [5.74, 6) is 1.43. The molecule has 1 aromatic heterocycles. The third kappa shape index (κ3) is 4.72. The number of hydrogen-bond acceptors (Lipinski definition) is 6. The second-order valence-corrected chi connectivity index (χ2v) is 10.1. The van der Waals surface area contributed by atoms with E-state index in [4.69, 9.17) is 11.6 Å². The van der Waals surface area contributed by atoms with E-state index in [1.807, 2.05) is 29.2 Å². The van der Waals surface area contributed by atoms with Gasteiger partial charge in [-0.3, -0.25) is 9.69 Å². The molecule has 7 nitrogen and oxygen atoms in total. The molecule has 0 bridgehead atoms. The largest absolute Gasteiger partial charge is 0.392 e. The Labute approximate surface area is 200 Å². The minimum Gasteiger partial charge on any atom is -0.392 e. The van der Waals surface area contributed by atoms with E-state index in [1.165, 1.54) is 11.3 Å². The second kappa shape index (κ2) is 9.57. The molecule has 1 aliphatic carbocycles. The van der Waals surface area contributed by atoms with Crippen molar-refractivity contribution in [3.63, 3.8) is 0 Å². The van der Waals surface area contributed by atoms with Gasteiger partial charge in [-0.05, 0) is 42.9 Å². The number of carbonyl (C=O) groups excluding carboxylic acids is 1. The number of piperazine rings is 1. The van der Waals surface area contributed by atoms with Crippen molar-refractivity contribution in [3.8, 4) is 0 Å². The van der Waals surface area contributed by atoms with Gasteiger partial charge in [0.15, 0.2) is 0 Å². The van der Waals surface area contributed by atoms with E-state index in [0.29, 0.717) is 37.1 Å². The normalized spacial score (nSPS) is 24.2. The number of aryl methyl sites for hydroxylation is 1. The molecule has 3 atom stereocenters. The van der Waals surface area contributed by atoms with Crippen LogP contribution in [0.3, 0.4) is 0 Å². The standard InChI is InChI=1S/C25H32ClN5O2/c1-17-2-7-22-23(17)24(28-16-27-22)30-10-12-31(13-11-30)25(33)21(15-29-9-8-20(32)14-29)18-3-5-19(26)6-4-18/h3-6,16-17,20-21,32H,2,7-15H2,1H3. The topological polar surface area (TPSA) is 72.8 Å². The van der Waals surface area contributed by atoms with Crippen molar-refractivity contribution in [3.05, 3.63) is 52.4 Å². The zero-order chi connectivity index (χ0) is 22.9. The van der Waals surface area contributed by atoms with Gasteiger partial charge in [0, 0.05) is 62.1 Å². The Bertz CT molecular complexity index is 993. The van der Waals surface area contributed by atoms with E-state index >= 15 is 0 Å². The van der Waals surface area contributed by atoms with E-state index < -0.39 is 0 Å². The molecule has 2 aliphatic heterocycles. The minimum absolute atomic E-state index is 0.152. The lowest BCUT2D eigenvalue weighted by atomic mass is 9.96. The van der Waals surface area contributed by atoms with E-state index in [-0.39, 0.29) is 17.9 Å². The molecule has 2 aromatic rings. The highest BCUT2D eigenvalue weighted by Gasteiger charge is 2.34. The summed E-state index contributed by atoms with van der Waals surface area (Å²) in [6.45, 7) is 7.23. The average molecular weight is 470 g/mol. The second-order valence-electron chi connectivity index (χ2n) is 9.62. The van der Waals surface area contributed by atoms with Crippen molar-refractivity contribution in [2.45, 2.75) is 44.1 Å². The van der Waals surface area contributed by atoms with Gasteiger partial charge in [0.2, 0.25) is 5.91 Å². The Morgan fingerprint density at radius 2 is 1.88 bits per heavy atom. The molecule has 2 saturated heterocycles. The summed E-state index contributed by atoms with van der Waals surface area (Å²) in [7, 11) is 0. The van der Waals surface area contributed by atoms with Crippen LogP contribution in [0.2, 0.25) is 5.02 Å². The number of benzene rings is 1. The highest BCUT2D eigenvalue weighted by Crippen LogP contribution is 2.37. The van der Waals surface area contributed by atoms with Crippen molar-refractivity contribution in [2.24, 2.45) is 0 Å². The van der Waals surface area contributed by atoms with Gasteiger partial charge in [0.25, 0.3) is 0 Å². The van der Waals surface area contributed by atoms with Crippen LogP contribution >= 0.6 is 11.6 Å². The molecular formula is C25H32ClN5O2. The first-order chi connectivity index (χ1) is 16.0. The number of β-amino-alcohol motifs (C(OH)–C–C–N with tert-alkyl or cyclic N) is 1. The third-order valence-corrected chi connectivity index (χ3v) is 7.65. The number of aliphatic hydroxyl groups is 1. The molecule has 1 amide bonds. The Morgan fingerprint density at radius 3 is 2.58 bits per heavy atom. The number of hydrogen-bond donors (Lipinski definition) is 1. The smallest absolute Gasteiger partial charge is 0.231 e. The van der Waals surface area contributed by atoms with Crippen molar-refractivity contribution >= 4 is 23.3 Å². The molecule has 1 aromatic carbocycles. The van der Waals surface area contributed by atoms with Crippen LogP contribution < -0.4 is 4.90 Å². The predicted octanol–water partition coefficient (Wildman–Crippen LogP) is 2.68. The maximum atomic E-state index is 13.7. The number of aromatic nitrogens is 2. The fourth-order valence-electron chi connectivity index (χ4n) is 5.49.